The number of likely N-dealkylation sites (N-methyl/N-ethyl adjacent to an activating group) is 1. The minimum atomic E-state index is 0.133. The molecular formula is C17H19ClN2O. The number of hydrogen-bond acceptors (Lipinski definition) is 3. The lowest BCUT2D eigenvalue weighted by Gasteiger charge is -2.16. The average Bonchev–Trinajstić information content (AvgIpc) is 2.51. The first kappa shape index (κ1) is 15.7. The third-order valence-electron chi connectivity index (χ3n) is 3.40. The van der Waals surface area contributed by atoms with Crippen LogP contribution in [0.1, 0.15) is 22.3 Å². The fraction of sp³-hybridized carbons (Fsp3) is 0.294. The molecule has 1 aromatic heterocycles. The average molecular weight is 303 g/mol. The lowest BCUT2D eigenvalue weighted by molar-refractivity contribution is 0.0969. The van der Waals surface area contributed by atoms with Crippen molar-refractivity contribution in [3.63, 3.8) is 0 Å². The Morgan fingerprint density at radius 1 is 1.19 bits per heavy atom. The second-order valence-corrected chi connectivity index (χ2v) is 5.53. The van der Waals surface area contributed by atoms with Gasteiger partial charge in [0.25, 0.3) is 0 Å². The van der Waals surface area contributed by atoms with Crippen LogP contribution in [0.4, 0.5) is 0 Å². The number of ketones is 1. The van der Waals surface area contributed by atoms with E-state index in [9.17, 15) is 4.79 Å². The highest BCUT2D eigenvalue weighted by atomic mass is 35.5. The van der Waals surface area contributed by atoms with Gasteiger partial charge in [0.15, 0.2) is 5.78 Å². The van der Waals surface area contributed by atoms with Crippen molar-refractivity contribution in [3.05, 3.63) is 64.9 Å². The van der Waals surface area contributed by atoms with Gasteiger partial charge in [-0.2, -0.15) is 0 Å². The van der Waals surface area contributed by atoms with Crippen LogP contribution in [0, 0.1) is 0 Å². The van der Waals surface area contributed by atoms with Crippen molar-refractivity contribution in [2.45, 2.75) is 12.8 Å². The largest absolute Gasteiger partial charge is 0.306 e. The van der Waals surface area contributed by atoms with E-state index in [4.69, 9.17) is 11.6 Å². The summed E-state index contributed by atoms with van der Waals surface area (Å²) in [6.45, 7) is 1.67. The Bertz CT molecular complexity index is 586. The van der Waals surface area contributed by atoms with Crippen LogP contribution in [0.15, 0.2) is 48.8 Å². The molecule has 3 nitrogen and oxygen atoms in total. The Balaban J connectivity index is 1.76. The topological polar surface area (TPSA) is 33.2 Å². The van der Waals surface area contributed by atoms with Crippen molar-refractivity contribution < 1.29 is 4.79 Å². The summed E-state index contributed by atoms with van der Waals surface area (Å²) < 4.78 is 0. The van der Waals surface area contributed by atoms with Gasteiger partial charge in [-0.25, -0.2) is 0 Å². The minimum absolute atomic E-state index is 0.133. The van der Waals surface area contributed by atoms with Crippen LogP contribution in [0.25, 0.3) is 0 Å². The van der Waals surface area contributed by atoms with Crippen molar-refractivity contribution in [2.75, 3.05) is 20.1 Å². The van der Waals surface area contributed by atoms with Gasteiger partial charge in [-0.15, -0.1) is 0 Å². The number of rotatable bonds is 7. The van der Waals surface area contributed by atoms with Crippen LogP contribution in [0.2, 0.25) is 5.02 Å². The molecule has 0 spiro atoms. The maximum Gasteiger partial charge on any atom is 0.164 e. The molecule has 2 aromatic rings. The maximum atomic E-state index is 12.1. The molecule has 0 saturated carbocycles. The number of Topliss-reactive ketones (excluding diaryl/α,β-unsaturated/α-hetero) is 1. The van der Waals surface area contributed by atoms with Crippen molar-refractivity contribution in [2.24, 2.45) is 0 Å². The first-order chi connectivity index (χ1) is 10.1. The summed E-state index contributed by atoms with van der Waals surface area (Å²) in [7, 11) is 2.03. The van der Waals surface area contributed by atoms with E-state index < -0.39 is 0 Å². The van der Waals surface area contributed by atoms with Crippen molar-refractivity contribution >= 4 is 17.4 Å². The molecule has 0 aliphatic carbocycles. The monoisotopic (exact) mass is 302 g/mol. The molecule has 21 heavy (non-hydrogen) atoms. The normalized spacial score (nSPS) is 10.8. The molecule has 0 unspecified atom stereocenters. The molecule has 0 atom stereocenters. The number of halogens is 1. The summed E-state index contributed by atoms with van der Waals surface area (Å²) in [6.07, 6.45) is 5.08. The van der Waals surface area contributed by atoms with Gasteiger partial charge in [0.1, 0.15) is 0 Å². The van der Waals surface area contributed by atoms with Crippen LogP contribution in [-0.4, -0.2) is 35.8 Å². The zero-order valence-electron chi connectivity index (χ0n) is 12.1. The number of aromatic nitrogens is 1. The Morgan fingerprint density at radius 3 is 2.67 bits per heavy atom. The van der Waals surface area contributed by atoms with Gasteiger partial charge < -0.3 is 4.90 Å². The second-order valence-electron chi connectivity index (χ2n) is 5.09. The molecule has 0 aliphatic heterocycles. The van der Waals surface area contributed by atoms with Crippen LogP contribution < -0.4 is 0 Å². The van der Waals surface area contributed by atoms with E-state index >= 15 is 0 Å². The Morgan fingerprint density at radius 2 is 1.95 bits per heavy atom. The highest BCUT2D eigenvalue weighted by Gasteiger charge is 2.08. The van der Waals surface area contributed by atoms with E-state index in [1.54, 1.807) is 24.5 Å². The zero-order valence-corrected chi connectivity index (χ0v) is 12.9. The van der Waals surface area contributed by atoms with Gasteiger partial charge in [0, 0.05) is 42.5 Å². The van der Waals surface area contributed by atoms with E-state index in [2.05, 4.69) is 9.88 Å². The van der Waals surface area contributed by atoms with Crippen LogP contribution in [0.3, 0.4) is 0 Å². The molecule has 0 bridgehead atoms. The van der Waals surface area contributed by atoms with Crippen molar-refractivity contribution in [1.29, 1.82) is 0 Å². The fourth-order valence-electron chi connectivity index (χ4n) is 2.08. The van der Waals surface area contributed by atoms with Gasteiger partial charge in [-0.3, -0.25) is 9.78 Å². The van der Waals surface area contributed by atoms with E-state index in [-0.39, 0.29) is 5.78 Å². The zero-order chi connectivity index (χ0) is 15.1. The van der Waals surface area contributed by atoms with Crippen molar-refractivity contribution in [3.8, 4) is 0 Å². The van der Waals surface area contributed by atoms with Gasteiger partial charge >= 0.3 is 0 Å². The molecule has 0 radical (unpaired) electrons. The summed E-state index contributed by atoms with van der Waals surface area (Å²) >= 11 is 5.90. The standard InChI is InChI=1S/C17H19ClN2O/c1-20(11-7-14-5-9-19-10-6-14)12-8-17(21)15-3-2-4-16(18)13-15/h2-6,9-10,13H,7-8,11-12H2,1H3. The fourth-order valence-corrected chi connectivity index (χ4v) is 2.27. The molecule has 0 amide bonds. The number of carbonyl (C=O) groups is 1. The predicted molar refractivity (Wildman–Crippen MR) is 85.8 cm³/mol. The molecule has 110 valence electrons. The number of carbonyl (C=O) groups excluding carboxylic acids is 1. The molecule has 4 heteroatoms. The quantitative estimate of drug-likeness (QED) is 0.734. The molecule has 1 aromatic carbocycles. The van der Waals surface area contributed by atoms with Gasteiger partial charge in [-0.1, -0.05) is 23.7 Å². The van der Waals surface area contributed by atoms with Gasteiger partial charge in [0.2, 0.25) is 0 Å². The summed E-state index contributed by atoms with van der Waals surface area (Å²) in [5, 5.41) is 0.604. The third kappa shape index (κ3) is 5.29. The molecule has 2 rings (SSSR count). The number of benzene rings is 1. The minimum Gasteiger partial charge on any atom is -0.306 e. The van der Waals surface area contributed by atoms with E-state index in [0.717, 1.165) is 19.5 Å². The highest BCUT2D eigenvalue weighted by molar-refractivity contribution is 6.31. The lowest BCUT2D eigenvalue weighted by atomic mass is 10.1. The highest BCUT2D eigenvalue weighted by Crippen LogP contribution is 2.12. The summed E-state index contributed by atoms with van der Waals surface area (Å²) in [5.41, 5.74) is 1.95. The van der Waals surface area contributed by atoms with Crippen LogP contribution in [0.5, 0.6) is 0 Å². The van der Waals surface area contributed by atoms with Gasteiger partial charge in [0.05, 0.1) is 0 Å². The first-order valence-electron chi connectivity index (χ1n) is 7.01. The molecule has 0 N–H and O–H groups in total. The number of nitrogens with zero attached hydrogens (tertiary/aromatic N) is 2. The summed E-state index contributed by atoms with van der Waals surface area (Å²) in [6, 6.07) is 11.2. The number of pyridine rings is 1. The maximum absolute atomic E-state index is 12.1. The predicted octanol–water partition coefficient (Wildman–Crippen LogP) is 3.48. The first-order valence-corrected chi connectivity index (χ1v) is 7.39. The van der Waals surface area contributed by atoms with Gasteiger partial charge in [-0.05, 0) is 43.3 Å². The second kappa shape index (κ2) is 7.91. The van der Waals surface area contributed by atoms with E-state index in [1.165, 1.54) is 5.56 Å². The Kier molecular flexibility index (Phi) is 5.90. The summed E-state index contributed by atoms with van der Waals surface area (Å²) in [4.78, 5) is 18.3. The molecule has 0 aliphatic rings. The van der Waals surface area contributed by atoms with E-state index in [1.807, 2.05) is 31.3 Å². The van der Waals surface area contributed by atoms with Crippen molar-refractivity contribution in [1.82, 2.24) is 9.88 Å². The molecule has 0 saturated heterocycles. The summed E-state index contributed by atoms with van der Waals surface area (Å²) in [5.74, 6) is 0.133. The smallest absolute Gasteiger partial charge is 0.164 e. The van der Waals surface area contributed by atoms with Crippen LogP contribution >= 0.6 is 11.6 Å². The number of hydrogen-bond donors (Lipinski definition) is 0. The SMILES string of the molecule is CN(CCC(=O)c1cccc(Cl)c1)CCc1ccncc1. The molecule has 0 fully saturated rings. The lowest BCUT2D eigenvalue weighted by Crippen LogP contribution is -2.24. The molecule has 1 heterocycles. The molecular weight excluding hydrogens is 284 g/mol. The van der Waals surface area contributed by atoms with E-state index in [0.29, 0.717) is 17.0 Å². The van der Waals surface area contributed by atoms with Crippen LogP contribution in [-0.2, 0) is 6.42 Å². The third-order valence-corrected chi connectivity index (χ3v) is 3.63. The Labute approximate surface area is 130 Å². The Hall–Kier alpha value is -1.71.